The van der Waals surface area contributed by atoms with Gasteiger partial charge < -0.3 is 30.6 Å². The molecule has 2 aromatic rings. The van der Waals surface area contributed by atoms with Crippen LogP contribution in [-0.4, -0.2) is 87.1 Å². The number of carbonyl (C=O) groups excluding carboxylic acids is 2. The number of carbonyl (C=O) groups is 4. The van der Waals surface area contributed by atoms with Gasteiger partial charge in [0.05, 0.1) is 6.04 Å². The van der Waals surface area contributed by atoms with Gasteiger partial charge in [0.1, 0.15) is 5.82 Å². The number of aliphatic carboxylic acids is 2. The summed E-state index contributed by atoms with van der Waals surface area (Å²) in [5, 5.41) is 15.6. The van der Waals surface area contributed by atoms with Gasteiger partial charge in [-0.05, 0) is 23.6 Å². The molecule has 0 saturated carbocycles. The van der Waals surface area contributed by atoms with Crippen LogP contribution in [0.1, 0.15) is 17.5 Å². The number of urea groups is 1. The number of piperazine rings is 1. The molecule has 0 aliphatic carbocycles. The Balaban J connectivity index is 0.000000482. The predicted molar refractivity (Wildman–Crippen MR) is 136 cm³/mol. The average Bonchev–Trinajstić information content (AvgIpc) is 3.21. The number of nitrogens with zero attached hydrogens (tertiary/aromatic N) is 3. The molecule has 0 bridgehead atoms. The Hall–Kier alpha value is -4.39. The Kier molecular flexibility index (Phi) is 10.3. The number of hydrogen-bond donors (Lipinski definition) is 3. The number of benzene rings is 2. The predicted octanol–water partition coefficient (Wildman–Crippen LogP) is 2.22. The molecule has 2 aliphatic rings. The van der Waals surface area contributed by atoms with Crippen molar-refractivity contribution in [3.8, 4) is 0 Å². The molecule has 2 heterocycles. The summed E-state index contributed by atoms with van der Waals surface area (Å²) in [6, 6.07) is 10.1. The summed E-state index contributed by atoms with van der Waals surface area (Å²) in [4.78, 5) is 49.8. The quantitative estimate of drug-likeness (QED) is 0.331. The van der Waals surface area contributed by atoms with E-state index in [9.17, 15) is 32.3 Å². The zero-order valence-electron chi connectivity index (χ0n) is 21.4. The minimum absolute atomic E-state index is 0.0311. The van der Waals surface area contributed by atoms with Crippen molar-refractivity contribution in [3.63, 3.8) is 0 Å². The number of carboxylic acid groups (broad SMARTS) is 2. The van der Waals surface area contributed by atoms with Crippen LogP contribution in [0.3, 0.4) is 0 Å². The first-order chi connectivity index (χ1) is 18.9. The molecule has 10 nitrogen and oxygen atoms in total. The molecular formula is C27H29F3N4O6. The van der Waals surface area contributed by atoms with Crippen molar-refractivity contribution >= 4 is 23.9 Å². The Labute approximate surface area is 228 Å². The molecule has 2 aliphatic heterocycles. The van der Waals surface area contributed by atoms with Crippen LogP contribution < -0.4 is 5.73 Å². The fraction of sp³-hybridized carbons (Fsp3) is 0.333. The van der Waals surface area contributed by atoms with E-state index in [-0.39, 0.29) is 36.4 Å². The monoisotopic (exact) mass is 562 g/mol. The lowest BCUT2D eigenvalue weighted by atomic mass is 10.0. The van der Waals surface area contributed by atoms with Gasteiger partial charge in [-0.25, -0.2) is 27.6 Å². The molecule has 13 heteroatoms. The molecule has 2 saturated heterocycles. The van der Waals surface area contributed by atoms with E-state index in [1.54, 1.807) is 14.7 Å². The van der Waals surface area contributed by atoms with Crippen molar-refractivity contribution in [3.05, 3.63) is 83.2 Å². The Morgan fingerprint density at radius 2 is 1.57 bits per heavy atom. The van der Waals surface area contributed by atoms with Crippen LogP contribution in [0.5, 0.6) is 0 Å². The first-order valence-corrected chi connectivity index (χ1v) is 12.3. The number of nitrogens with two attached hydrogens (primary N) is 1. The minimum atomic E-state index is -1.26. The Morgan fingerprint density at radius 1 is 0.950 bits per heavy atom. The highest BCUT2D eigenvalue weighted by Gasteiger charge is 2.41. The number of amides is 3. The van der Waals surface area contributed by atoms with Crippen LogP contribution in [0, 0.1) is 17.5 Å². The largest absolute Gasteiger partial charge is 0.478 e. The molecule has 214 valence electrons. The van der Waals surface area contributed by atoms with E-state index in [0.29, 0.717) is 50.9 Å². The molecule has 2 aromatic carbocycles. The van der Waals surface area contributed by atoms with Gasteiger partial charge in [-0.3, -0.25) is 4.79 Å². The molecule has 4 rings (SSSR count). The summed E-state index contributed by atoms with van der Waals surface area (Å²) in [5.74, 6) is -6.01. The van der Waals surface area contributed by atoms with Gasteiger partial charge in [-0.2, -0.15) is 0 Å². The van der Waals surface area contributed by atoms with Crippen LogP contribution >= 0.6 is 0 Å². The minimum Gasteiger partial charge on any atom is -0.478 e. The smallest absolute Gasteiger partial charge is 0.328 e. The maximum atomic E-state index is 13.9. The maximum Gasteiger partial charge on any atom is 0.328 e. The molecule has 0 aromatic heterocycles. The standard InChI is InChI=1S/C23H25F3N4O2.C4H4O4/c24-19-11-21(26)20(25)9-16(19)8-17(27)10-22(31)28-6-7-30-18(13-28)14-29(23(30)32)12-15-4-2-1-3-5-15;5-3(6)1-2-4(7)8/h1-5,9,11,17-18H,6-8,10,12-14,27H2;1-2H,(H,5,6)(H,7,8)/b;2-1+/t17-,18?;/m1./s1. The molecule has 1 unspecified atom stereocenters. The number of fused-ring (bicyclic) bond motifs is 1. The van der Waals surface area contributed by atoms with Crippen molar-refractivity contribution in [2.24, 2.45) is 5.73 Å². The maximum absolute atomic E-state index is 13.9. The van der Waals surface area contributed by atoms with Gasteiger partial charge in [0.25, 0.3) is 0 Å². The Bertz CT molecular complexity index is 1260. The van der Waals surface area contributed by atoms with Crippen LogP contribution in [0.15, 0.2) is 54.6 Å². The van der Waals surface area contributed by atoms with E-state index < -0.39 is 35.4 Å². The molecular weight excluding hydrogens is 533 g/mol. The number of rotatable bonds is 8. The lowest BCUT2D eigenvalue weighted by molar-refractivity contribution is -0.134. The molecule has 0 spiro atoms. The van der Waals surface area contributed by atoms with Crippen molar-refractivity contribution in [2.75, 3.05) is 26.2 Å². The average molecular weight is 563 g/mol. The number of carboxylic acids is 2. The van der Waals surface area contributed by atoms with Gasteiger partial charge in [0.15, 0.2) is 11.6 Å². The van der Waals surface area contributed by atoms with Crippen LogP contribution in [0.25, 0.3) is 0 Å². The Morgan fingerprint density at radius 3 is 2.20 bits per heavy atom. The van der Waals surface area contributed by atoms with Gasteiger partial charge in [-0.1, -0.05) is 30.3 Å². The van der Waals surface area contributed by atoms with Crippen LogP contribution in [0.4, 0.5) is 18.0 Å². The summed E-state index contributed by atoms with van der Waals surface area (Å²) in [5.41, 5.74) is 6.99. The second-order valence-corrected chi connectivity index (χ2v) is 9.37. The lowest BCUT2D eigenvalue weighted by Crippen LogP contribution is -2.54. The van der Waals surface area contributed by atoms with Crippen LogP contribution in [0.2, 0.25) is 0 Å². The van der Waals surface area contributed by atoms with Gasteiger partial charge in [-0.15, -0.1) is 0 Å². The third kappa shape index (κ3) is 8.30. The fourth-order valence-corrected chi connectivity index (χ4v) is 4.51. The zero-order chi connectivity index (χ0) is 29.4. The molecule has 0 radical (unpaired) electrons. The summed E-state index contributed by atoms with van der Waals surface area (Å²) >= 11 is 0. The topological polar surface area (TPSA) is 144 Å². The van der Waals surface area contributed by atoms with Crippen molar-refractivity contribution in [2.45, 2.75) is 31.5 Å². The van der Waals surface area contributed by atoms with E-state index in [1.807, 2.05) is 30.3 Å². The highest BCUT2D eigenvalue weighted by atomic mass is 19.2. The van der Waals surface area contributed by atoms with Crippen LogP contribution in [-0.2, 0) is 27.3 Å². The molecule has 40 heavy (non-hydrogen) atoms. The summed E-state index contributed by atoms with van der Waals surface area (Å²) in [6.07, 6.45) is 0.985. The second kappa shape index (κ2) is 13.6. The highest BCUT2D eigenvalue weighted by Crippen LogP contribution is 2.23. The summed E-state index contributed by atoms with van der Waals surface area (Å²) in [7, 11) is 0. The fourth-order valence-electron chi connectivity index (χ4n) is 4.51. The van der Waals surface area contributed by atoms with E-state index in [0.717, 1.165) is 11.6 Å². The van der Waals surface area contributed by atoms with E-state index in [2.05, 4.69) is 0 Å². The highest BCUT2D eigenvalue weighted by molar-refractivity contribution is 5.89. The SMILES string of the molecule is N[C@@H](CC(=O)N1CCN2C(=O)N(Cc3ccccc3)CC2C1)Cc1cc(F)c(F)cc1F.O=C(O)/C=C/C(=O)O. The first-order valence-electron chi connectivity index (χ1n) is 12.3. The summed E-state index contributed by atoms with van der Waals surface area (Å²) < 4.78 is 40.4. The van der Waals surface area contributed by atoms with E-state index >= 15 is 0 Å². The summed E-state index contributed by atoms with van der Waals surface area (Å²) in [6.45, 7) is 2.29. The third-order valence-electron chi connectivity index (χ3n) is 6.38. The molecule has 2 fully saturated rings. The zero-order valence-corrected chi connectivity index (χ0v) is 21.4. The number of hydrogen-bond acceptors (Lipinski definition) is 5. The van der Waals surface area contributed by atoms with E-state index in [1.165, 1.54) is 0 Å². The first kappa shape index (κ1) is 30.2. The second-order valence-electron chi connectivity index (χ2n) is 9.37. The van der Waals surface area contributed by atoms with Gasteiger partial charge in [0.2, 0.25) is 5.91 Å². The normalized spacial score (nSPS) is 17.4. The lowest BCUT2D eigenvalue weighted by Gasteiger charge is -2.36. The molecule has 2 atom stereocenters. The van der Waals surface area contributed by atoms with Gasteiger partial charge in [0, 0.05) is 63.4 Å². The van der Waals surface area contributed by atoms with Crippen molar-refractivity contribution in [1.82, 2.24) is 14.7 Å². The van der Waals surface area contributed by atoms with Crippen molar-refractivity contribution in [1.29, 1.82) is 0 Å². The van der Waals surface area contributed by atoms with Gasteiger partial charge >= 0.3 is 18.0 Å². The third-order valence-corrected chi connectivity index (χ3v) is 6.38. The van der Waals surface area contributed by atoms with E-state index in [4.69, 9.17) is 15.9 Å². The molecule has 4 N–H and O–H groups in total. The number of halogens is 3. The van der Waals surface area contributed by atoms with Crippen molar-refractivity contribution < 1.29 is 42.6 Å². The molecule has 3 amide bonds.